The normalized spacial score (nSPS) is 12.8. The van der Waals surface area contributed by atoms with Crippen LogP contribution in [-0.2, 0) is 33.4 Å². The van der Waals surface area contributed by atoms with Crippen molar-refractivity contribution in [1.29, 1.82) is 0 Å². The van der Waals surface area contributed by atoms with Gasteiger partial charge in [-0.25, -0.2) is 0 Å². The molecule has 0 aliphatic heterocycles. The van der Waals surface area contributed by atoms with Gasteiger partial charge in [-0.2, -0.15) is 0 Å². The first-order valence-electron chi connectivity index (χ1n) is 29.4. The van der Waals surface area contributed by atoms with Gasteiger partial charge >= 0.3 is 17.9 Å². The average molecular weight is 964 g/mol. The average Bonchev–Trinajstić information content (AvgIpc) is 3.33. The summed E-state index contributed by atoms with van der Waals surface area (Å²) in [7, 11) is 5.60. The molecule has 0 aliphatic carbocycles. The Hall–Kier alpha value is -2.16. The Morgan fingerprint density at radius 1 is 0.368 bits per heavy atom. The number of esters is 3. The summed E-state index contributed by atoms with van der Waals surface area (Å²) in [5.74, 6) is 0.876. The van der Waals surface area contributed by atoms with Crippen LogP contribution in [0.1, 0.15) is 291 Å². The molecule has 1 amide bonds. The van der Waals surface area contributed by atoms with Crippen LogP contribution in [0.3, 0.4) is 0 Å². The first kappa shape index (κ1) is 65.8. The fourth-order valence-electron chi connectivity index (χ4n) is 9.66. The van der Waals surface area contributed by atoms with Crippen LogP contribution in [0.25, 0.3) is 0 Å². The van der Waals surface area contributed by atoms with Crippen molar-refractivity contribution in [3.63, 3.8) is 0 Å². The summed E-state index contributed by atoms with van der Waals surface area (Å²) in [5, 5.41) is 0. The van der Waals surface area contributed by atoms with Gasteiger partial charge in [0.05, 0.1) is 20.3 Å². The van der Waals surface area contributed by atoms with Crippen LogP contribution in [-0.4, -0.2) is 87.2 Å². The van der Waals surface area contributed by atoms with E-state index in [1.165, 1.54) is 136 Å². The van der Waals surface area contributed by atoms with Gasteiger partial charge in [0.1, 0.15) is 0 Å². The molecule has 402 valence electrons. The van der Waals surface area contributed by atoms with E-state index >= 15 is 0 Å². The highest BCUT2D eigenvalue weighted by Gasteiger charge is 2.23. The predicted molar refractivity (Wildman–Crippen MR) is 287 cm³/mol. The van der Waals surface area contributed by atoms with E-state index < -0.39 is 0 Å². The second kappa shape index (κ2) is 49.8. The van der Waals surface area contributed by atoms with Crippen molar-refractivity contribution in [3.05, 3.63) is 0 Å². The highest BCUT2D eigenvalue weighted by atomic mass is 16.5. The first-order valence-corrected chi connectivity index (χ1v) is 29.4. The smallest absolute Gasteiger partial charge is 0.305 e. The molecule has 0 aliphatic rings. The molecule has 0 spiro atoms. The molecule has 0 aromatic rings. The van der Waals surface area contributed by atoms with Crippen LogP contribution in [0.4, 0.5) is 0 Å². The van der Waals surface area contributed by atoms with Crippen molar-refractivity contribution < 1.29 is 33.4 Å². The molecular formula is C59H114N2O7. The molecule has 0 saturated heterocycles. The number of rotatable bonds is 52. The lowest BCUT2D eigenvalue weighted by atomic mass is 9.95. The van der Waals surface area contributed by atoms with Crippen molar-refractivity contribution in [2.24, 2.45) is 11.8 Å². The number of hydrogen-bond acceptors (Lipinski definition) is 8. The van der Waals surface area contributed by atoms with Gasteiger partial charge < -0.3 is 24.0 Å². The minimum Gasteiger partial charge on any atom is -0.469 e. The minimum absolute atomic E-state index is 0.0612. The van der Waals surface area contributed by atoms with Crippen LogP contribution in [0.2, 0.25) is 0 Å². The number of hydrogen-bond donors (Lipinski definition) is 0. The highest BCUT2D eigenvalue weighted by molar-refractivity contribution is 5.76. The summed E-state index contributed by atoms with van der Waals surface area (Å²) in [6, 6.07) is 0.133. The summed E-state index contributed by atoms with van der Waals surface area (Å²) in [4.78, 5) is 55.9. The summed E-state index contributed by atoms with van der Waals surface area (Å²) in [6.07, 6.45) is 43.7. The van der Waals surface area contributed by atoms with Crippen molar-refractivity contribution >= 4 is 23.8 Å². The zero-order chi connectivity index (χ0) is 50.1. The molecule has 9 heteroatoms. The molecule has 0 radical (unpaired) electrons. The Labute approximate surface area is 421 Å². The molecule has 0 heterocycles. The first-order chi connectivity index (χ1) is 33.1. The summed E-state index contributed by atoms with van der Waals surface area (Å²) >= 11 is 0. The zero-order valence-corrected chi connectivity index (χ0v) is 46.3. The van der Waals surface area contributed by atoms with Gasteiger partial charge in [-0.1, -0.05) is 195 Å². The molecular weight excluding hydrogens is 849 g/mol. The minimum atomic E-state index is -0.175. The highest BCUT2D eigenvalue weighted by Crippen LogP contribution is 2.24. The number of methoxy groups -OCH3 is 1. The van der Waals surface area contributed by atoms with E-state index in [2.05, 4.69) is 51.6 Å². The third kappa shape index (κ3) is 42.7. The fourth-order valence-corrected chi connectivity index (χ4v) is 9.66. The van der Waals surface area contributed by atoms with E-state index in [1.54, 1.807) is 0 Å². The SMILES string of the molecule is CCCCCCCCC(CCCCCC)COC(=O)CCCCCC(CCCCCC(=O)OCC(CCCCCC)CCCCCCCC)N(CCCN(C)C)C(=O)CCCCCCC(=O)OC. The van der Waals surface area contributed by atoms with E-state index in [4.69, 9.17) is 14.2 Å². The maximum Gasteiger partial charge on any atom is 0.305 e. The van der Waals surface area contributed by atoms with Crippen LogP contribution in [0, 0.1) is 11.8 Å². The Balaban J connectivity index is 5.41. The molecule has 0 fully saturated rings. The second-order valence-corrected chi connectivity index (χ2v) is 21.0. The van der Waals surface area contributed by atoms with Crippen LogP contribution in [0.15, 0.2) is 0 Å². The summed E-state index contributed by atoms with van der Waals surface area (Å²) in [6.45, 7) is 11.8. The molecule has 0 aromatic carbocycles. The van der Waals surface area contributed by atoms with Crippen LogP contribution in [0.5, 0.6) is 0 Å². The zero-order valence-electron chi connectivity index (χ0n) is 46.3. The molecule has 0 N–H and O–H groups in total. The molecule has 2 unspecified atom stereocenters. The largest absolute Gasteiger partial charge is 0.469 e. The van der Waals surface area contributed by atoms with E-state index in [1.807, 2.05) is 0 Å². The molecule has 0 rings (SSSR count). The summed E-state index contributed by atoms with van der Waals surface area (Å²) in [5.41, 5.74) is 0. The topological polar surface area (TPSA) is 102 Å². The summed E-state index contributed by atoms with van der Waals surface area (Å²) < 4.78 is 16.6. The van der Waals surface area contributed by atoms with E-state index in [-0.39, 0.29) is 29.9 Å². The Bertz CT molecular complexity index is 1090. The number of ether oxygens (including phenoxy) is 3. The van der Waals surface area contributed by atoms with E-state index in [9.17, 15) is 19.2 Å². The van der Waals surface area contributed by atoms with Crippen LogP contribution >= 0.6 is 0 Å². The number of carbonyl (C=O) groups is 4. The van der Waals surface area contributed by atoms with Crippen LogP contribution < -0.4 is 0 Å². The molecule has 0 aromatic heterocycles. The van der Waals surface area contributed by atoms with Crippen molar-refractivity contribution in [1.82, 2.24) is 9.80 Å². The fraction of sp³-hybridized carbons (Fsp3) is 0.932. The van der Waals surface area contributed by atoms with Crippen molar-refractivity contribution in [3.8, 4) is 0 Å². The van der Waals surface area contributed by atoms with Gasteiger partial charge in [-0.3, -0.25) is 19.2 Å². The number of nitrogens with zero attached hydrogens (tertiary/aromatic N) is 2. The monoisotopic (exact) mass is 963 g/mol. The molecule has 9 nitrogen and oxygen atoms in total. The Morgan fingerprint density at radius 3 is 1.09 bits per heavy atom. The van der Waals surface area contributed by atoms with Gasteiger partial charge in [0, 0.05) is 38.3 Å². The third-order valence-corrected chi connectivity index (χ3v) is 14.2. The Kier molecular flexibility index (Phi) is 48.2. The lowest BCUT2D eigenvalue weighted by Gasteiger charge is -2.33. The van der Waals surface area contributed by atoms with Gasteiger partial charge in [0.2, 0.25) is 5.91 Å². The lowest BCUT2D eigenvalue weighted by molar-refractivity contribution is -0.146. The molecule has 68 heavy (non-hydrogen) atoms. The Morgan fingerprint density at radius 2 is 0.691 bits per heavy atom. The predicted octanol–water partition coefficient (Wildman–Crippen LogP) is 16.3. The van der Waals surface area contributed by atoms with Crippen molar-refractivity contribution in [2.75, 3.05) is 47.5 Å². The molecule has 0 bridgehead atoms. The number of carbonyl (C=O) groups excluding carboxylic acids is 4. The van der Waals surface area contributed by atoms with Gasteiger partial charge in [-0.15, -0.1) is 0 Å². The van der Waals surface area contributed by atoms with Crippen molar-refractivity contribution in [2.45, 2.75) is 297 Å². The van der Waals surface area contributed by atoms with E-state index in [0.717, 1.165) is 122 Å². The number of amides is 1. The number of unbranched alkanes of at least 4 members (excludes halogenated alkanes) is 23. The quantitative estimate of drug-likeness (QED) is 0.0337. The molecule has 2 atom stereocenters. The van der Waals surface area contributed by atoms with Gasteiger partial charge in [0.25, 0.3) is 0 Å². The second-order valence-electron chi connectivity index (χ2n) is 21.0. The maximum atomic E-state index is 14.0. The van der Waals surface area contributed by atoms with Gasteiger partial charge in [-0.05, 0) is 103 Å². The lowest BCUT2D eigenvalue weighted by Crippen LogP contribution is -2.41. The molecule has 0 saturated carbocycles. The maximum absolute atomic E-state index is 14.0. The van der Waals surface area contributed by atoms with E-state index in [0.29, 0.717) is 50.7 Å². The standard InChI is InChI=1S/C59H114N2O7/c1-8-12-16-20-22-30-41-53(39-28-18-14-10-3)51-67-58(64)47-36-26-32-43-55(61(50-38-49-60(5)6)56(62)45-34-24-25-35-46-57(63)66-7)44-33-27-37-48-59(65)68-52-54(40-29-19-15-11-4)42-31-23-21-17-13-9-2/h53-55H,8-52H2,1-7H3. The third-order valence-electron chi connectivity index (χ3n) is 14.2. The van der Waals surface area contributed by atoms with Gasteiger partial charge in [0.15, 0.2) is 0 Å².